The number of ketones is 2. The maximum Gasteiger partial charge on any atom is 0.329 e. The highest BCUT2D eigenvalue weighted by atomic mass is 16.6. The number of carbonyl (C=O) groups is 4. The number of allylic oxidation sites excluding steroid dienone is 3. The molecular weight excluding hydrogens is 690 g/mol. The van der Waals surface area contributed by atoms with Gasteiger partial charge in [0.25, 0.3) is 11.7 Å². The van der Waals surface area contributed by atoms with E-state index in [4.69, 9.17) is 14.2 Å². The van der Waals surface area contributed by atoms with Crippen LogP contribution < -0.4 is 0 Å². The van der Waals surface area contributed by atoms with Gasteiger partial charge in [-0.3, -0.25) is 14.4 Å². The van der Waals surface area contributed by atoms with Crippen LogP contribution in [0.25, 0.3) is 0 Å². The monoisotopic (exact) mass is 759 g/mol. The average Bonchev–Trinajstić information content (AvgIpc) is 3.13. The minimum Gasteiger partial charge on any atom is -0.456 e. The zero-order chi connectivity index (χ0) is 40.1. The van der Waals surface area contributed by atoms with Gasteiger partial charge in [0.15, 0.2) is 0 Å². The molecule has 4 aliphatic rings. The number of fused-ring (bicyclic) bond motifs is 3. The molecule has 0 radical (unpaired) electrons. The minimum atomic E-state index is -2.34. The number of nitrogens with zero attached hydrogens (tertiary/aromatic N) is 1. The van der Waals surface area contributed by atoms with E-state index in [1.807, 2.05) is 46.8 Å². The predicted molar refractivity (Wildman–Crippen MR) is 205 cm³/mol. The highest BCUT2D eigenvalue weighted by Crippen LogP contribution is 2.41. The first-order valence-corrected chi connectivity index (χ1v) is 20.6. The molecule has 11 heteroatoms. The molecule has 0 aromatic carbocycles. The van der Waals surface area contributed by atoms with Gasteiger partial charge >= 0.3 is 5.97 Å². The summed E-state index contributed by atoms with van der Waals surface area (Å²) in [7, 11) is 1.57. The zero-order valence-electron chi connectivity index (χ0n) is 34.3. The molecule has 54 heavy (non-hydrogen) atoms. The van der Waals surface area contributed by atoms with Crippen molar-refractivity contribution in [1.82, 2.24) is 4.90 Å². The first-order valence-electron chi connectivity index (χ1n) is 20.6. The minimum absolute atomic E-state index is 0.0195. The van der Waals surface area contributed by atoms with Crippen LogP contribution in [0.15, 0.2) is 23.3 Å². The van der Waals surface area contributed by atoms with Gasteiger partial charge in [-0.1, -0.05) is 59.3 Å². The van der Waals surface area contributed by atoms with Crippen molar-refractivity contribution < 1.29 is 48.7 Å². The van der Waals surface area contributed by atoms with E-state index in [1.54, 1.807) is 21.0 Å². The standard InChI is InChI=1S/C43H69NO10/c1-10-32-19-25(3)17-24(2)18-26(4)38-27(5)20-29(7)43(51,54-38)40(48)41(49)44-16-12-11-13-33(44)42(50)53-39(30(8)35(46)23-36(32)47)28(6)21-31-14-15-34(45)37(22-31)52-9/h19,21,24,26-27,29-35,37-39,45-46,51H,10-18,20,22-23H2,1-9H3/b25-19+,28-21+/t24-,26-,27-,29+,30+,31-,32+,33?,34+,35-,37+,38+,39+,43+/m0/s1. The summed E-state index contributed by atoms with van der Waals surface area (Å²) in [5, 5.41) is 34.0. The lowest BCUT2D eigenvalue weighted by molar-refractivity contribution is -0.282. The fraction of sp³-hybridized carbons (Fsp3) is 0.814. The van der Waals surface area contributed by atoms with E-state index in [-0.39, 0.29) is 60.9 Å². The van der Waals surface area contributed by atoms with E-state index < -0.39 is 65.7 Å². The average molecular weight is 760 g/mol. The van der Waals surface area contributed by atoms with Crippen molar-refractivity contribution in [1.29, 1.82) is 0 Å². The molecule has 1 saturated carbocycles. The largest absolute Gasteiger partial charge is 0.456 e. The number of piperidine rings is 1. The zero-order valence-corrected chi connectivity index (χ0v) is 34.3. The van der Waals surface area contributed by atoms with Crippen molar-refractivity contribution in [3.8, 4) is 0 Å². The molecule has 3 N–H and O–H groups in total. The topological polar surface area (TPSA) is 160 Å². The van der Waals surface area contributed by atoms with Crippen LogP contribution in [-0.2, 0) is 33.4 Å². The molecule has 1 amide bonds. The van der Waals surface area contributed by atoms with Crippen LogP contribution in [0, 0.1) is 41.4 Å². The molecule has 3 heterocycles. The van der Waals surface area contributed by atoms with Gasteiger partial charge in [0.1, 0.15) is 17.9 Å². The van der Waals surface area contributed by atoms with E-state index >= 15 is 0 Å². The summed E-state index contributed by atoms with van der Waals surface area (Å²) in [6.07, 6.45) is 6.31. The number of Topliss-reactive ketones (excluding diaryl/α,β-unsaturated/α-hetero) is 2. The Morgan fingerprint density at radius 3 is 2.31 bits per heavy atom. The molecule has 2 saturated heterocycles. The lowest BCUT2D eigenvalue weighted by Crippen LogP contribution is -2.62. The van der Waals surface area contributed by atoms with Gasteiger partial charge in [0.05, 0.1) is 24.4 Å². The molecule has 0 aromatic heterocycles. The Balaban J connectivity index is 1.74. The van der Waals surface area contributed by atoms with Crippen molar-refractivity contribution in [2.24, 2.45) is 41.4 Å². The number of aliphatic hydroxyl groups is 3. The second-order valence-corrected chi connectivity index (χ2v) is 17.6. The molecule has 0 aromatic rings. The van der Waals surface area contributed by atoms with Crippen LogP contribution in [0.3, 0.4) is 0 Å². The second-order valence-electron chi connectivity index (χ2n) is 17.6. The third-order valence-corrected chi connectivity index (χ3v) is 13.0. The molecule has 1 aliphatic carbocycles. The van der Waals surface area contributed by atoms with Crippen LogP contribution in [-0.4, -0.2) is 99.7 Å². The van der Waals surface area contributed by atoms with E-state index in [0.717, 1.165) is 18.4 Å². The number of cyclic esters (lactones) is 1. The summed E-state index contributed by atoms with van der Waals surface area (Å²) in [5.41, 5.74) is 1.76. The van der Waals surface area contributed by atoms with E-state index in [0.29, 0.717) is 50.5 Å². The first-order chi connectivity index (χ1) is 25.4. The summed E-state index contributed by atoms with van der Waals surface area (Å²) in [6.45, 7) is 15.7. The number of hydrogen-bond donors (Lipinski definition) is 3. The second kappa shape index (κ2) is 19.1. The van der Waals surface area contributed by atoms with Gasteiger partial charge in [-0.2, -0.15) is 0 Å². The normalized spacial score (nSPS) is 42.7. The fourth-order valence-corrected chi connectivity index (χ4v) is 9.78. The van der Waals surface area contributed by atoms with E-state index in [9.17, 15) is 34.5 Å². The predicted octanol–water partition coefficient (Wildman–Crippen LogP) is 5.72. The quantitative estimate of drug-likeness (QED) is 0.184. The SMILES string of the molecule is CC[C@@H]1/C=C(\C)C[C@H](C)C[C@H](C)[C@H]2O[C@@](O)(C(=O)C(=O)N3CCCCC3C(=O)O[C@H](/C(C)=C/[C@@H]3CC[C@@H](O)[C@H](OC)C3)[C@H](C)[C@@H](O)CC1=O)[C@H](C)C[C@@H]2C. The van der Waals surface area contributed by atoms with Gasteiger partial charge < -0.3 is 34.4 Å². The van der Waals surface area contributed by atoms with Crippen molar-refractivity contribution in [2.75, 3.05) is 13.7 Å². The molecule has 0 spiro atoms. The molecule has 4 rings (SSSR count). The smallest absolute Gasteiger partial charge is 0.329 e. The maximum absolute atomic E-state index is 14.2. The van der Waals surface area contributed by atoms with Crippen molar-refractivity contribution in [3.05, 3.63) is 23.3 Å². The first kappa shape index (κ1) is 44.3. The number of carbonyl (C=O) groups excluding carboxylic acids is 4. The lowest BCUT2D eigenvalue weighted by Gasteiger charge is -2.46. The van der Waals surface area contributed by atoms with Crippen LogP contribution in [0.1, 0.15) is 126 Å². The van der Waals surface area contributed by atoms with Crippen molar-refractivity contribution in [3.63, 3.8) is 0 Å². The van der Waals surface area contributed by atoms with Crippen LogP contribution in [0.4, 0.5) is 0 Å². The number of ether oxygens (including phenoxy) is 3. The Morgan fingerprint density at radius 2 is 1.65 bits per heavy atom. The summed E-state index contributed by atoms with van der Waals surface area (Å²) >= 11 is 0. The van der Waals surface area contributed by atoms with Crippen LogP contribution >= 0.6 is 0 Å². The number of rotatable bonds is 4. The number of aliphatic hydroxyl groups excluding tert-OH is 2. The Hall–Kier alpha value is -2.44. The Morgan fingerprint density at radius 1 is 0.963 bits per heavy atom. The molecular formula is C43H69NO10. The maximum atomic E-state index is 14.2. The number of esters is 1. The Labute approximate surface area is 323 Å². The van der Waals surface area contributed by atoms with Crippen LogP contribution in [0.5, 0.6) is 0 Å². The van der Waals surface area contributed by atoms with Gasteiger partial charge in [-0.15, -0.1) is 0 Å². The number of methoxy groups -OCH3 is 1. The highest BCUT2D eigenvalue weighted by molar-refractivity contribution is 6.39. The summed E-state index contributed by atoms with van der Waals surface area (Å²) in [6, 6.07) is -1.08. The fourth-order valence-electron chi connectivity index (χ4n) is 9.78. The van der Waals surface area contributed by atoms with Gasteiger partial charge in [0, 0.05) is 37.8 Å². The van der Waals surface area contributed by atoms with Crippen LogP contribution in [0.2, 0.25) is 0 Å². The van der Waals surface area contributed by atoms with E-state index in [2.05, 4.69) is 6.92 Å². The highest BCUT2D eigenvalue weighted by Gasteiger charge is 2.55. The molecule has 2 bridgehead atoms. The lowest BCUT2D eigenvalue weighted by atomic mass is 9.76. The number of hydrogen-bond acceptors (Lipinski definition) is 10. The molecule has 1 unspecified atom stereocenters. The summed E-state index contributed by atoms with van der Waals surface area (Å²) in [4.78, 5) is 57.4. The Kier molecular flexibility index (Phi) is 15.7. The molecule has 14 atom stereocenters. The van der Waals surface area contributed by atoms with Crippen molar-refractivity contribution in [2.45, 2.75) is 168 Å². The third kappa shape index (κ3) is 10.3. The summed E-state index contributed by atoms with van der Waals surface area (Å²) in [5.74, 6) is -6.65. The molecule has 3 aliphatic heterocycles. The van der Waals surface area contributed by atoms with Gasteiger partial charge in [0.2, 0.25) is 5.79 Å². The van der Waals surface area contributed by atoms with Crippen molar-refractivity contribution >= 4 is 23.4 Å². The third-order valence-electron chi connectivity index (χ3n) is 13.0. The van der Waals surface area contributed by atoms with E-state index in [1.165, 1.54) is 4.90 Å². The van der Waals surface area contributed by atoms with Gasteiger partial charge in [-0.25, -0.2) is 4.79 Å². The molecule has 3 fully saturated rings. The van der Waals surface area contributed by atoms with Gasteiger partial charge in [-0.05, 0) is 107 Å². The molecule has 306 valence electrons. The number of amides is 1. The summed E-state index contributed by atoms with van der Waals surface area (Å²) < 4.78 is 18.1. The Bertz CT molecular complexity index is 1390. The molecule has 11 nitrogen and oxygen atoms in total.